The highest BCUT2D eigenvalue weighted by molar-refractivity contribution is 5.84. The Balaban J connectivity index is 2.61. The van der Waals surface area contributed by atoms with Crippen molar-refractivity contribution in [3.8, 4) is 0 Å². The Morgan fingerprint density at radius 2 is 2.23 bits per heavy atom. The van der Waals surface area contributed by atoms with E-state index in [1.54, 1.807) is 6.20 Å². The molecule has 2 aromatic rings. The van der Waals surface area contributed by atoms with Crippen LogP contribution in [0.15, 0.2) is 36.7 Å². The Labute approximate surface area is 76.1 Å². The summed E-state index contributed by atoms with van der Waals surface area (Å²) in [6.07, 6.45) is 3.60. The number of aromatic nitrogens is 1. The molecule has 0 amide bonds. The highest BCUT2D eigenvalue weighted by Gasteiger charge is 1.98. The van der Waals surface area contributed by atoms with E-state index < -0.39 is 0 Å². The van der Waals surface area contributed by atoms with Crippen molar-refractivity contribution in [2.24, 2.45) is 5.90 Å². The maximum atomic E-state index is 5.03. The highest BCUT2D eigenvalue weighted by atomic mass is 16.6. The smallest absolute Gasteiger partial charge is 0.0936 e. The van der Waals surface area contributed by atoms with E-state index in [0.717, 1.165) is 16.3 Å². The number of pyridine rings is 1. The molecule has 1 aromatic carbocycles. The van der Waals surface area contributed by atoms with Crippen LogP contribution in [-0.4, -0.2) is 4.98 Å². The molecule has 0 spiro atoms. The second kappa shape index (κ2) is 3.51. The van der Waals surface area contributed by atoms with Crippen LogP contribution < -0.4 is 5.90 Å². The van der Waals surface area contributed by atoms with Crippen LogP contribution in [0.5, 0.6) is 0 Å². The van der Waals surface area contributed by atoms with Crippen LogP contribution in [0.1, 0.15) is 5.56 Å². The SMILES string of the molecule is NOCc1cccc2ccncc12. The molecular formula is C10H10N2O. The van der Waals surface area contributed by atoms with Crippen LogP contribution in [0.25, 0.3) is 10.8 Å². The summed E-state index contributed by atoms with van der Waals surface area (Å²) in [7, 11) is 0. The lowest BCUT2D eigenvalue weighted by Gasteiger charge is -2.03. The second-order valence-electron chi connectivity index (χ2n) is 2.82. The van der Waals surface area contributed by atoms with Gasteiger partial charge in [-0.05, 0) is 17.0 Å². The van der Waals surface area contributed by atoms with E-state index in [2.05, 4.69) is 9.82 Å². The summed E-state index contributed by atoms with van der Waals surface area (Å²) in [5, 5.41) is 2.25. The lowest BCUT2D eigenvalue weighted by molar-refractivity contribution is 0.125. The lowest BCUT2D eigenvalue weighted by atomic mass is 10.1. The molecule has 0 unspecified atom stereocenters. The van der Waals surface area contributed by atoms with E-state index in [0.29, 0.717) is 6.61 Å². The Bertz CT molecular complexity index is 409. The summed E-state index contributed by atoms with van der Waals surface area (Å²) >= 11 is 0. The van der Waals surface area contributed by atoms with Crippen molar-refractivity contribution in [1.29, 1.82) is 0 Å². The summed E-state index contributed by atoms with van der Waals surface area (Å²) in [5.41, 5.74) is 1.06. The van der Waals surface area contributed by atoms with Gasteiger partial charge in [0.05, 0.1) is 6.61 Å². The predicted octanol–water partition coefficient (Wildman–Crippen LogP) is 1.63. The third kappa shape index (κ3) is 1.52. The molecule has 3 heteroatoms. The standard InChI is InChI=1S/C10H10N2O/c11-13-7-9-3-1-2-8-4-5-12-6-10(8)9/h1-6H,7,11H2. The van der Waals surface area contributed by atoms with Crippen LogP contribution in [0.2, 0.25) is 0 Å². The molecule has 0 fully saturated rings. The van der Waals surface area contributed by atoms with Gasteiger partial charge in [0.2, 0.25) is 0 Å². The minimum atomic E-state index is 0.420. The van der Waals surface area contributed by atoms with Gasteiger partial charge in [-0.2, -0.15) is 0 Å². The Morgan fingerprint density at radius 1 is 1.31 bits per heavy atom. The van der Waals surface area contributed by atoms with Gasteiger partial charge >= 0.3 is 0 Å². The van der Waals surface area contributed by atoms with Crippen molar-refractivity contribution in [3.05, 3.63) is 42.2 Å². The summed E-state index contributed by atoms with van der Waals surface area (Å²) in [5.74, 6) is 5.03. The minimum Gasteiger partial charge on any atom is -0.300 e. The maximum absolute atomic E-state index is 5.03. The van der Waals surface area contributed by atoms with Crippen LogP contribution in [0, 0.1) is 0 Å². The van der Waals surface area contributed by atoms with Gasteiger partial charge in [0, 0.05) is 17.8 Å². The van der Waals surface area contributed by atoms with E-state index >= 15 is 0 Å². The Kier molecular flexibility index (Phi) is 2.21. The molecule has 0 aliphatic rings. The van der Waals surface area contributed by atoms with Crippen molar-refractivity contribution in [2.75, 3.05) is 0 Å². The number of hydrogen-bond donors (Lipinski definition) is 1. The average molecular weight is 174 g/mol. The molecule has 2 rings (SSSR count). The molecule has 0 bridgehead atoms. The largest absolute Gasteiger partial charge is 0.300 e. The number of rotatable bonds is 2. The van der Waals surface area contributed by atoms with E-state index in [9.17, 15) is 0 Å². The molecule has 3 nitrogen and oxygen atoms in total. The summed E-state index contributed by atoms with van der Waals surface area (Å²) < 4.78 is 0. The zero-order chi connectivity index (χ0) is 9.10. The monoisotopic (exact) mass is 174 g/mol. The number of benzene rings is 1. The molecule has 1 aromatic heterocycles. The summed E-state index contributed by atoms with van der Waals surface area (Å²) in [6, 6.07) is 7.97. The fourth-order valence-corrected chi connectivity index (χ4v) is 1.39. The highest BCUT2D eigenvalue weighted by Crippen LogP contribution is 2.17. The van der Waals surface area contributed by atoms with E-state index in [1.807, 2.05) is 30.5 Å². The van der Waals surface area contributed by atoms with Gasteiger partial charge in [0.25, 0.3) is 0 Å². The van der Waals surface area contributed by atoms with Crippen LogP contribution >= 0.6 is 0 Å². The fraction of sp³-hybridized carbons (Fsp3) is 0.100. The van der Waals surface area contributed by atoms with E-state index in [4.69, 9.17) is 5.90 Å². The molecule has 0 aliphatic heterocycles. The minimum absolute atomic E-state index is 0.420. The lowest BCUT2D eigenvalue weighted by Crippen LogP contribution is -1.99. The third-order valence-electron chi connectivity index (χ3n) is 2.01. The first-order chi connectivity index (χ1) is 6.42. The van der Waals surface area contributed by atoms with Crippen molar-refractivity contribution in [2.45, 2.75) is 6.61 Å². The third-order valence-corrected chi connectivity index (χ3v) is 2.01. The van der Waals surface area contributed by atoms with Gasteiger partial charge in [-0.25, -0.2) is 5.90 Å². The normalized spacial score (nSPS) is 10.5. The van der Waals surface area contributed by atoms with Crippen molar-refractivity contribution in [1.82, 2.24) is 4.98 Å². The average Bonchev–Trinajstić information content (AvgIpc) is 2.19. The molecular weight excluding hydrogens is 164 g/mol. The van der Waals surface area contributed by atoms with Crippen molar-refractivity contribution in [3.63, 3.8) is 0 Å². The molecule has 0 aliphatic carbocycles. The maximum Gasteiger partial charge on any atom is 0.0936 e. The Hall–Kier alpha value is -1.45. The zero-order valence-electron chi connectivity index (χ0n) is 7.10. The van der Waals surface area contributed by atoms with Crippen molar-refractivity contribution >= 4 is 10.8 Å². The number of nitrogens with two attached hydrogens (primary N) is 1. The molecule has 13 heavy (non-hydrogen) atoms. The first-order valence-corrected chi connectivity index (χ1v) is 4.05. The summed E-state index contributed by atoms with van der Waals surface area (Å²) in [6.45, 7) is 0.420. The predicted molar refractivity (Wildman–Crippen MR) is 50.7 cm³/mol. The zero-order valence-corrected chi connectivity index (χ0v) is 7.10. The van der Waals surface area contributed by atoms with Crippen LogP contribution in [0.4, 0.5) is 0 Å². The number of fused-ring (bicyclic) bond motifs is 1. The van der Waals surface area contributed by atoms with Gasteiger partial charge in [-0.1, -0.05) is 18.2 Å². The quantitative estimate of drug-likeness (QED) is 0.704. The fourth-order valence-electron chi connectivity index (χ4n) is 1.39. The molecule has 66 valence electrons. The Morgan fingerprint density at radius 3 is 3.08 bits per heavy atom. The first-order valence-electron chi connectivity index (χ1n) is 4.05. The van der Waals surface area contributed by atoms with Crippen molar-refractivity contribution < 1.29 is 4.84 Å². The van der Waals surface area contributed by atoms with E-state index in [-0.39, 0.29) is 0 Å². The topological polar surface area (TPSA) is 48.1 Å². The molecule has 0 saturated carbocycles. The van der Waals surface area contributed by atoms with Gasteiger partial charge in [-0.15, -0.1) is 0 Å². The van der Waals surface area contributed by atoms with E-state index in [1.165, 1.54) is 0 Å². The number of nitrogens with zero attached hydrogens (tertiary/aromatic N) is 1. The van der Waals surface area contributed by atoms with Gasteiger partial charge in [0.1, 0.15) is 0 Å². The molecule has 0 radical (unpaired) electrons. The molecule has 0 saturated heterocycles. The number of hydrogen-bond acceptors (Lipinski definition) is 3. The molecule has 1 heterocycles. The summed E-state index contributed by atoms with van der Waals surface area (Å²) in [4.78, 5) is 8.67. The first kappa shape index (κ1) is 8.16. The van der Waals surface area contributed by atoms with Crippen LogP contribution in [-0.2, 0) is 11.4 Å². The van der Waals surface area contributed by atoms with Gasteiger partial charge in [0.15, 0.2) is 0 Å². The second-order valence-corrected chi connectivity index (χ2v) is 2.82. The van der Waals surface area contributed by atoms with Gasteiger partial charge < -0.3 is 0 Å². The molecule has 0 atom stereocenters. The molecule has 2 N–H and O–H groups in total. The van der Waals surface area contributed by atoms with Gasteiger partial charge in [-0.3, -0.25) is 9.82 Å². The van der Waals surface area contributed by atoms with Crippen LogP contribution in [0.3, 0.4) is 0 Å².